The SMILES string of the molecule is CCC1COC(C)CN1c1cc(N)cc(S(N)(=O)=O)c1C. The largest absolute Gasteiger partial charge is 0.399 e. The number of benzene rings is 1. The number of anilines is 2. The van der Waals surface area contributed by atoms with Gasteiger partial charge in [-0.1, -0.05) is 6.92 Å². The van der Waals surface area contributed by atoms with E-state index < -0.39 is 10.0 Å². The maximum atomic E-state index is 11.7. The van der Waals surface area contributed by atoms with Crippen LogP contribution in [0.15, 0.2) is 17.0 Å². The van der Waals surface area contributed by atoms with E-state index in [-0.39, 0.29) is 17.0 Å². The van der Waals surface area contributed by atoms with Crippen molar-refractivity contribution in [3.63, 3.8) is 0 Å². The number of primary sulfonamides is 1. The van der Waals surface area contributed by atoms with E-state index in [1.54, 1.807) is 6.92 Å². The Morgan fingerprint density at radius 2 is 2.10 bits per heavy atom. The Morgan fingerprint density at radius 3 is 2.67 bits per heavy atom. The second kappa shape index (κ2) is 5.82. The number of hydrogen-bond donors (Lipinski definition) is 2. The highest BCUT2D eigenvalue weighted by Crippen LogP contribution is 2.32. The molecule has 1 heterocycles. The number of nitrogen functional groups attached to an aromatic ring is 1. The first-order chi connectivity index (χ1) is 9.74. The highest BCUT2D eigenvalue weighted by Gasteiger charge is 2.28. The summed E-state index contributed by atoms with van der Waals surface area (Å²) in [5.74, 6) is 0. The van der Waals surface area contributed by atoms with Crippen LogP contribution in [0.25, 0.3) is 0 Å². The molecule has 0 spiro atoms. The van der Waals surface area contributed by atoms with E-state index in [2.05, 4.69) is 11.8 Å². The second-order valence-corrected chi connectivity index (χ2v) is 7.10. The summed E-state index contributed by atoms with van der Waals surface area (Å²) in [4.78, 5) is 2.26. The van der Waals surface area contributed by atoms with Crippen LogP contribution in [0.5, 0.6) is 0 Å². The molecule has 2 atom stereocenters. The third-order valence-corrected chi connectivity index (χ3v) is 4.95. The van der Waals surface area contributed by atoms with E-state index in [9.17, 15) is 8.42 Å². The third-order valence-electron chi connectivity index (χ3n) is 3.91. The van der Waals surface area contributed by atoms with E-state index in [4.69, 9.17) is 15.6 Å². The Kier molecular flexibility index (Phi) is 4.46. The molecular weight excluding hydrogens is 290 g/mol. The molecule has 4 N–H and O–H groups in total. The average Bonchev–Trinajstić information content (AvgIpc) is 2.39. The molecule has 0 saturated carbocycles. The molecule has 0 bridgehead atoms. The summed E-state index contributed by atoms with van der Waals surface area (Å²) in [6.07, 6.45) is 0.998. The molecule has 1 saturated heterocycles. The summed E-state index contributed by atoms with van der Waals surface area (Å²) in [6.45, 7) is 7.17. The molecule has 0 aliphatic carbocycles. The summed E-state index contributed by atoms with van der Waals surface area (Å²) >= 11 is 0. The van der Waals surface area contributed by atoms with Crippen molar-refractivity contribution in [3.8, 4) is 0 Å². The van der Waals surface area contributed by atoms with Crippen molar-refractivity contribution < 1.29 is 13.2 Å². The van der Waals surface area contributed by atoms with Crippen molar-refractivity contribution in [2.24, 2.45) is 5.14 Å². The molecule has 1 fully saturated rings. The van der Waals surface area contributed by atoms with Crippen LogP contribution in [0.2, 0.25) is 0 Å². The quantitative estimate of drug-likeness (QED) is 0.818. The molecule has 0 aromatic heterocycles. The second-order valence-electron chi connectivity index (χ2n) is 5.57. The zero-order chi connectivity index (χ0) is 15.8. The van der Waals surface area contributed by atoms with Gasteiger partial charge in [-0.3, -0.25) is 0 Å². The maximum absolute atomic E-state index is 11.7. The minimum absolute atomic E-state index is 0.0893. The van der Waals surface area contributed by atoms with Gasteiger partial charge in [-0.15, -0.1) is 0 Å². The fourth-order valence-corrected chi connectivity index (χ4v) is 3.60. The molecule has 0 radical (unpaired) electrons. The van der Waals surface area contributed by atoms with Crippen molar-refractivity contribution in [1.82, 2.24) is 0 Å². The monoisotopic (exact) mass is 313 g/mol. The number of ether oxygens (including phenoxy) is 1. The van der Waals surface area contributed by atoms with Gasteiger partial charge in [0, 0.05) is 17.9 Å². The summed E-state index contributed by atoms with van der Waals surface area (Å²) in [7, 11) is -3.79. The van der Waals surface area contributed by atoms with E-state index >= 15 is 0 Å². The molecule has 2 unspecified atom stereocenters. The van der Waals surface area contributed by atoms with Crippen LogP contribution in [0, 0.1) is 6.92 Å². The molecule has 1 aliphatic heterocycles. The van der Waals surface area contributed by atoms with Crippen LogP contribution in [-0.4, -0.2) is 33.7 Å². The van der Waals surface area contributed by atoms with Crippen LogP contribution in [0.3, 0.4) is 0 Å². The Morgan fingerprint density at radius 1 is 1.43 bits per heavy atom. The van der Waals surface area contributed by atoms with E-state index in [1.165, 1.54) is 6.07 Å². The third kappa shape index (κ3) is 3.30. The standard InChI is InChI=1S/C14H23N3O3S/c1-4-12-8-20-9(2)7-17(12)13-5-11(15)6-14(10(13)3)21(16,18)19/h5-6,9,12H,4,7-8,15H2,1-3H3,(H2,16,18,19). The van der Waals surface area contributed by atoms with Crippen LogP contribution in [-0.2, 0) is 14.8 Å². The zero-order valence-corrected chi connectivity index (χ0v) is 13.5. The topological polar surface area (TPSA) is 98.7 Å². The van der Waals surface area contributed by atoms with Gasteiger partial charge in [0.1, 0.15) is 0 Å². The van der Waals surface area contributed by atoms with Gasteiger partial charge in [-0.2, -0.15) is 0 Å². The molecule has 6 nitrogen and oxygen atoms in total. The molecule has 1 aromatic carbocycles. The number of hydrogen-bond acceptors (Lipinski definition) is 5. The van der Waals surface area contributed by atoms with Crippen LogP contribution in [0.1, 0.15) is 25.8 Å². The lowest BCUT2D eigenvalue weighted by molar-refractivity contribution is 0.0299. The van der Waals surface area contributed by atoms with Crippen molar-refractivity contribution in [2.75, 3.05) is 23.8 Å². The Balaban J connectivity index is 2.54. The summed E-state index contributed by atoms with van der Waals surface area (Å²) < 4.78 is 29.2. The van der Waals surface area contributed by atoms with Crippen LogP contribution >= 0.6 is 0 Å². The Labute approximate surface area is 126 Å². The van der Waals surface area contributed by atoms with Crippen LogP contribution in [0.4, 0.5) is 11.4 Å². The highest BCUT2D eigenvalue weighted by atomic mass is 32.2. The predicted octanol–water partition coefficient (Wildman–Crippen LogP) is 1.23. The number of morpholine rings is 1. The number of nitrogens with two attached hydrogens (primary N) is 2. The lowest BCUT2D eigenvalue weighted by Gasteiger charge is -2.41. The van der Waals surface area contributed by atoms with E-state index in [0.717, 1.165) is 12.1 Å². The first-order valence-corrected chi connectivity index (χ1v) is 8.59. The fourth-order valence-electron chi connectivity index (χ4n) is 2.76. The summed E-state index contributed by atoms with van der Waals surface area (Å²) in [6, 6.07) is 3.43. The molecular formula is C14H23N3O3S. The predicted molar refractivity (Wildman–Crippen MR) is 83.8 cm³/mol. The first kappa shape index (κ1) is 16.1. The van der Waals surface area contributed by atoms with Crippen molar-refractivity contribution in [3.05, 3.63) is 17.7 Å². The maximum Gasteiger partial charge on any atom is 0.238 e. The number of sulfonamides is 1. The fraction of sp³-hybridized carbons (Fsp3) is 0.571. The molecule has 21 heavy (non-hydrogen) atoms. The molecule has 1 aromatic rings. The van der Waals surface area contributed by atoms with Crippen molar-refractivity contribution in [1.29, 1.82) is 0 Å². The Hall–Kier alpha value is -1.31. The normalized spacial score (nSPS) is 23.3. The van der Waals surface area contributed by atoms with Gasteiger partial charge in [0.05, 0.1) is 23.6 Å². The van der Waals surface area contributed by atoms with E-state index in [0.29, 0.717) is 24.4 Å². The van der Waals surface area contributed by atoms with Crippen LogP contribution < -0.4 is 15.8 Å². The van der Waals surface area contributed by atoms with Gasteiger partial charge in [0.15, 0.2) is 0 Å². The lowest BCUT2D eigenvalue weighted by Crippen LogP contribution is -2.49. The first-order valence-electron chi connectivity index (χ1n) is 7.05. The van der Waals surface area contributed by atoms with E-state index in [1.807, 2.05) is 13.0 Å². The van der Waals surface area contributed by atoms with Gasteiger partial charge in [-0.05, 0) is 38.0 Å². The Bertz CT molecular complexity index is 631. The molecule has 1 aliphatic rings. The minimum atomic E-state index is -3.79. The summed E-state index contributed by atoms with van der Waals surface area (Å²) in [5, 5.41) is 5.29. The van der Waals surface area contributed by atoms with Gasteiger partial charge in [-0.25, -0.2) is 13.6 Å². The lowest BCUT2D eigenvalue weighted by atomic mass is 10.1. The molecule has 7 heteroatoms. The van der Waals surface area contributed by atoms with Gasteiger partial charge >= 0.3 is 0 Å². The van der Waals surface area contributed by atoms with Crippen molar-refractivity contribution >= 4 is 21.4 Å². The van der Waals surface area contributed by atoms with Crippen molar-refractivity contribution in [2.45, 2.75) is 44.2 Å². The van der Waals surface area contributed by atoms with Gasteiger partial charge in [0.2, 0.25) is 10.0 Å². The number of rotatable bonds is 3. The smallest absolute Gasteiger partial charge is 0.238 e. The average molecular weight is 313 g/mol. The zero-order valence-electron chi connectivity index (χ0n) is 12.7. The molecule has 118 valence electrons. The molecule has 2 rings (SSSR count). The summed E-state index contributed by atoms with van der Waals surface area (Å²) in [5.41, 5.74) is 7.73. The number of nitrogens with zero attached hydrogens (tertiary/aromatic N) is 1. The molecule has 0 amide bonds. The van der Waals surface area contributed by atoms with Gasteiger partial charge < -0.3 is 15.4 Å². The highest BCUT2D eigenvalue weighted by molar-refractivity contribution is 7.89. The van der Waals surface area contributed by atoms with Gasteiger partial charge in [0.25, 0.3) is 0 Å². The minimum Gasteiger partial charge on any atom is -0.399 e.